The van der Waals surface area contributed by atoms with Crippen molar-refractivity contribution in [3.8, 4) is 5.75 Å². The van der Waals surface area contributed by atoms with E-state index in [0.717, 1.165) is 18.2 Å². The first-order chi connectivity index (χ1) is 11.5. The van der Waals surface area contributed by atoms with Crippen LogP contribution >= 0.6 is 0 Å². The summed E-state index contributed by atoms with van der Waals surface area (Å²) in [6.45, 7) is 1.89. The summed E-state index contributed by atoms with van der Waals surface area (Å²) in [5.41, 5.74) is 1.67. The number of aryl methyl sites for hydroxylation is 1. The first kappa shape index (κ1) is 17.5. The van der Waals surface area contributed by atoms with E-state index in [1.54, 1.807) is 6.07 Å². The zero-order valence-electron chi connectivity index (χ0n) is 13.5. The highest BCUT2D eigenvalue weighted by Gasteiger charge is 2.35. The number of carbonyl (C=O) groups excluding carboxylic acids is 1. The third-order valence-corrected chi connectivity index (χ3v) is 3.70. The summed E-state index contributed by atoms with van der Waals surface area (Å²) in [4.78, 5) is 22.3. The largest absolute Gasteiger partial charge is 0.485 e. The zero-order chi connectivity index (χ0) is 17.5. The van der Waals surface area contributed by atoms with Crippen molar-refractivity contribution in [3.63, 3.8) is 0 Å². The lowest BCUT2D eigenvalue weighted by molar-refractivity contribution is -0.512. The highest BCUT2D eigenvalue weighted by Crippen LogP contribution is 2.29. The van der Waals surface area contributed by atoms with Gasteiger partial charge in [-0.25, -0.2) is 4.79 Å². The molecule has 24 heavy (non-hydrogen) atoms. The van der Waals surface area contributed by atoms with Gasteiger partial charge in [0.05, 0.1) is 13.5 Å². The van der Waals surface area contributed by atoms with Gasteiger partial charge in [-0.3, -0.25) is 10.1 Å². The van der Waals surface area contributed by atoms with Gasteiger partial charge >= 0.3 is 12.0 Å². The quantitative estimate of drug-likeness (QED) is 0.442. The van der Waals surface area contributed by atoms with Crippen molar-refractivity contribution in [1.29, 1.82) is 0 Å². The van der Waals surface area contributed by atoms with Gasteiger partial charge in [-0.2, -0.15) is 0 Å². The van der Waals surface area contributed by atoms with Crippen LogP contribution in [0.5, 0.6) is 5.75 Å². The van der Waals surface area contributed by atoms with Gasteiger partial charge < -0.3 is 9.47 Å². The Kier molecular flexibility index (Phi) is 5.89. The monoisotopic (exact) mass is 329 g/mol. The number of ether oxygens (including phenoxy) is 2. The van der Waals surface area contributed by atoms with Crippen LogP contribution < -0.4 is 4.74 Å². The van der Waals surface area contributed by atoms with Gasteiger partial charge in [0.2, 0.25) is 0 Å². The van der Waals surface area contributed by atoms with E-state index in [9.17, 15) is 14.9 Å². The van der Waals surface area contributed by atoms with Gasteiger partial charge in [-0.05, 0) is 24.1 Å². The number of esters is 1. The first-order valence-electron chi connectivity index (χ1n) is 7.51. The van der Waals surface area contributed by atoms with Crippen LogP contribution in [0.3, 0.4) is 0 Å². The van der Waals surface area contributed by atoms with E-state index in [0.29, 0.717) is 5.75 Å². The minimum atomic E-state index is -1.48. The second-order valence-electron chi connectivity index (χ2n) is 5.34. The highest BCUT2D eigenvalue weighted by atomic mass is 16.6. The molecule has 2 rings (SSSR count). The van der Waals surface area contributed by atoms with Gasteiger partial charge in [0.15, 0.2) is 0 Å². The second-order valence-corrected chi connectivity index (χ2v) is 5.34. The predicted molar refractivity (Wildman–Crippen MR) is 88.4 cm³/mol. The molecule has 0 saturated heterocycles. The van der Waals surface area contributed by atoms with Gasteiger partial charge in [0.1, 0.15) is 11.9 Å². The fraction of sp³-hybridized carbons (Fsp3) is 0.278. The molecule has 2 aromatic rings. The lowest BCUT2D eigenvalue weighted by Gasteiger charge is -2.21. The molecule has 0 heterocycles. The van der Waals surface area contributed by atoms with Crippen LogP contribution in [0.15, 0.2) is 54.6 Å². The molecular weight excluding hydrogens is 310 g/mol. The number of hydrogen-bond donors (Lipinski definition) is 0. The van der Waals surface area contributed by atoms with Gasteiger partial charge in [0, 0.05) is 4.92 Å². The average Bonchev–Trinajstić information content (AvgIpc) is 2.60. The molecule has 0 aliphatic heterocycles. The normalized spacial score (nSPS) is 12.9. The number of nitrogens with zero attached hydrogens (tertiary/aromatic N) is 1. The Balaban J connectivity index is 2.31. The molecule has 0 radical (unpaired) electrons. The Labute approximate surface area is 140 Å². The average molecular weight is 329 g/mol. The number of hydrogen-bond acceptors (Lipinski definition) is 5. The number of benzene rings is 2. The number of rotatable bonds is 7. The molecule has 6 nitrogen and oxygen atoms in total. The molecule has 0 fully saturated rings. The summed E-state index contributed by atoms with van der Waals surface area (Å²) in [6.07, 6.45) is -0.750. The Morgan fingerprint density at radius 1 is 1.12 bits per heavy atom. The highest BCUT2D eigenvalue weighted by molar-refractivity contribution is 5.74. The standard InChI is InChI=1S/C18H19NO5/c1-13-8-6-7-11-16(13)24-17(14-9-4-3-5-10-14)12-15(19(21)22)18(20)23-2/h3-11,15,17H,12H2,1-2H3/t15?,17-/m1/s1. The summed E-state index contributed by atoms with van der Waals surface area (Å²) in [7, 11) is 1.14. The lowest BCUT2D eigenvalue weighted by Crippen LogP contribution is -2.33. The third kappa shape index (κ3) is 4.32. The van der Waals surface area contributed by atoms with Crippen molar-refractivity contribution in [1.82, 2.24) is 0 Å². The van der Waals surface area contributed by atoms with Crippen LogP contribution in [-0.2, 0) is 9.53 Å². The summed E-state index contributed by atoms with van der Waals surface area (Å²) in [5.74, 6) is -0.257. The van der Waals surface area contributed by atoms with E-state index < -0.39 is 23.0 Å². The molecule has 0 aromatic heterocycles. The molecule has 0 bridgehead atoms. The minimum Gasteiger partial charge on any atom is -0.485 e. The predicted octanol–water partition coefficient (Wildman–Crippen LogP) is 3.32. The topological polar surface area (TPSA) is 78.7 Å². The fourth-order valence-electron chi connectivity index (χ4n) is 2.37. The van der Waals surface area contributed by atoms with Crippen LogP contribution in [0, 0.1) is 17.0 Å². The van der Waals surface area contributed by atoms with Crippen LogP contribution in [0.1, 0.15) is 23.7 Å². The summed E-state index contributed by atoms with van der Waals surface area (Å²) in [5, 5.41) is 11.2. The lowest BCUT2D eigenvalue weighted by atomic mass is 10.0. The van der Waals surface area contributed by atoms with E-state index in [1.807, 2.05) is 55.5 Å². The van der Waals surface area contributed by atoms with Crippen LogP contribution in [-0.4, -0.2) is 24.0 Å². The molecule has 1 unspecified atom stereocenters. The molecular formula is C18H19NO5. The third-order valence-electron chi connectivity index (χ3n) is 3.70. The molecule has 0 aliphatic carbocycles. The van der Waals surface area contributed by atoms with Gasteiger partial charge in [-0.1, -0.05) is 48.5 Å². The van der Waals surface area contributed by atoms with Crippen molar-refractivity contribution in [3.05, 3.63) is 75.8 Å². The SMILES string of the molecule is COC(=O)C(C[C@@H](Oc1ccccc1C)c1ccccc1)[N+](=O)[O-]. The fourth-order valence-corrected chi connectivity index (χ4v) is 2.37. The molecule has 2 atom stereocenters. The molecule has 6 heteroatoms. The van der Waals surface area contributed by atoms with Crippen molar-refractivity contribution in [2.75, 3.05) is 7.11 Å². The maximum absolute atomic E-state index is 11.7. The van der Waals surface area contributed by atoms with Gasteiger partial charge in [-0.15, -0.1) is 0 Å². The van der Waals surface area contributed by atoms with Crippen molar-refractivity contribution < 1.29 is 19.2 Å². The Morgan fingerprint density at radius 2 is 1.75 bits per heavy atom. The summed E-state index contributed by atoms with van der Waals surface area (Å²) >= 11 is 0. The van der Waals surface area contributed by atoms with Crippen molar-refractivity contribution in [2.45, 2.75) is 25.5 Å². The summed E-state index contributed by atoms with van der Waals surface area (Å²) < 4.78 is 10.5. The number of carbonyl (C=O) groups is 1. The zero-order valence-corrected chi connectivity index (χ0v) is 13.5. The summed E-state index contributed by atoms with van der Waals surface area (Å²) in [6, 6.07) is 15.0. The van der Waals surface area contributed by atoms with Crippen molar-refractivity contribution >= 4 is 5.97 Å². The molecule has 0 spiro atoms. The maximum atomic E-state index is 11.7. The van der Waals surface area contributed by atoms with E-state index in [1.165, 1.54) is 0 Å². The Morgan fingerprint density at radius 3 is 2.33 bits per heavy atom. The molecule has 2 aromatic carbocycles. The number of para-hydroxylation sites is 1. The Bertz CT molecular complexity index is 702. The molecule has 0 aliphatic rings. The minimum absolute atomic E-state index is 0.113. The number of nitro groups is 1. The Hall–Kier alpha value is -2.89. The van der Waals surface area contributed by atoms with Gasteiger partial charge in [0.25, 0.3) is 0 Å². The van der Waals surface area contributed by atoms with E-state index in [2.05, 4.69) is 4.74 Å². The second kappa shape index (κ2) is 8.10. The van der Waals surface area contributed by atoms with E-state index in [4.69, 9.17) is 4.74 Å². The molecule has 0 N–H and O–H groups in total. The first-order valence-corrected chi connectivity index (χ1v) is 7.51. The molecule has 0 amide bonds. The number of methoxy groups -OCH3 is 1. The maximum Gasteiger partial charge on any atom is 0.381 e. The van der Waals surface area contributed by atoms with Crippen LogP contribution in [0.25, 0.3) is 0 Å². The smallest absolute Gasteiger partial charge is 0.381 e. The van der Waals surface area contributed by atoms with Crippen molar-refractivity contribution in [2.24, 2.45) is 0 Å². The molecule has 126 valence electrons. The van der Waals surface area contributed by atoms with E-state index >= 15 is 0 Å². The van der Waals surface area contributed by atoms with E-state index in [-0.39, 0.29) is 6.42 Å². The van der Waals surface area contributed by atoms with Crippen LogP contribution in [0.4, 0.5) is 0 Å². The van der Waals surface area contributed by atoms with Crippen LogP contribution in [0.2, 0.25) is 0 Å². The molecule has 0 saturated carbocycles.